The first kappa shape index (κ1) is 15.2. The average Bonchev–Trinajstić information content (AvgIpc) is 2.31. The molecular formula is C13H21N3O3. The van der Waals surface area contributed by atoms with E-state index < -0.39 is 16.9 Å². The van der Waals surface area contributed by atoms with Crippen molar-refractivity contribution in [3.05, 3.63) is 22.7 Å². The first-order valence-corrected chi connectivity index (χ1v) is 6.20. The second-order valence-electron chi connectivity index (χ2n) is 5.55. The van der Waals surface area contributed by atoms with Gasteiger partial charge in [0, 0.05) is 24.5 Å². The number of rotatable bonds is 5. The van der Waals surface area contributed by atoms with E-state index >= 15 is 0 Å². The minimum Gasteiger partial charge on any atom is -0.481 e. The molecule has 0 unspecified atom stereocenters. The first-order chi connectivity index (χ1) is 8.63. The zero-order valence-electron chi connectivity index (χ0n) is 12.0. The highest BCUT2D eigenvalue weighted by molar-refractivity contribution is 5.76. The van der Waals surface area contributed by atoms with Crippen LogP contribution >= 0.6 is 0 Å². The molecular weight excluding hydrogens is 246 g/mol. The number of aryl methyl sites for hydroxylation is 1. The third-order valence-corrected chi connectivity index (χ3v) is 3.78. The number of aliphatic carboxylic acids is 1. The van der Waals surface area contributed by atoms with Gasteiger partial charge in [-0.2, -0.15) is 0 Å². The maximum Gasteiger partial charge on any atom is 0.311 e. The van der Waals surface area contributed by atoms with Gasteiger partial charge in [0.1, 0.15) is 0 Å². The Morgan fingerprint density at radius 3 is 2.47 bits per heavy atom. The number of nitrogens with zero attached hydrogens (tertiary/aromatic N) is 2. The normalized spacial score (nSPS) is 12.3. The van der Waals surface area contributed by atoms with Crippen LogP contribution in [0, 0.1) is 5.41 Å². The van der Waals surface area contributed by atoms with Crippen LogP contribution < -0.4 is 10.9 Å². The number of anilines is 1. The number of hydrogen-bond acceptors (Lipinski definition) is 4. The van der Waals surface area contributed by atoms with E-state index in [-0.39, 0.29) is 11.4 Å². The van der Waals surface area contributed by atoms with E-state index in [4.69, 9.17) is 0 Å². The van der Waals surface area contributed by atoms with Crippen molar-refractivity contribution >= 4 is 11.8 Å². The van der Waals surface area contributed by atoms with Crippen LogP contribution in [0.5, 0.6) is 0 Å². The monoisotopic (exact) mass is 267 g/mol. The fraction of sp³-hybridized carbons (Fsp3) is 0.615. The van der Waals surface area contributed by atoms with Gasteiger partial charge in [-0.1, -0.05) is 0 Å². The Bertz CT molecular complexity index is 532. The molecule has 1 aromatic heterocycles. The predicted molar refractivity (Wildman–Crippen MR) is 73.3 cm³/mol. The molecule has 0 radical (unpaired) electrons. The molecule has 0 aromatic carbocycles. The number of carboxylic acid groups (broad SMARTS) is 1. The lowest BCUT2D eigenvalue weighted by atomic mass is 9.74. The molecule has 1 heterocycles. The van der Waals surface area contributed by atoms with E-state index in [2.05, 4.69) is 10.3 Å². The molecule has 19 heavy (non-hydrogen) atoms. The fourth-order valence-electron chi connectivity index (χ4n) is 1.50. The molecule has 0 aliphatic carbocycles. The number of carboxylic acids is 1. The molecule has 0 atom stereocenters. The molecule has 1 rings (SSSR count). The quantitative estimate of drug-likeness (QED) is 0.845. The third kappa shape index (κ3) is 2.77. The van der Waals surface area contributed by atoms with E-state index in [1.807, 2.05) is 6.92 Å². The number of aromatic nitrogens is 2. The summed E-state index contributed by atoms with van der Waals surface area (Å²) >= 11 is 0. The van der Waals surface area contributed by atoms with Crippen molar-refractivity contribution in [1.29, 1.82) is 0 Å². The molecule has 0 aliphatic heterocycles. The molecule has 0 saturated carbocycles. The van der Waals surface area contributed by atoms with E-state index in [1.165, 1.54) is 10.8 Å². The highest BCUT2D eigenvalue weighted by Gasteiger charge is 2.44. The molecule has 6 nitrogen and oxygen atoms in total. The summed E-state index contributed by atoms with van der Waals surface area (Å²) in [5, 5.41) is 12.2. The minimum absolute atomic E-state index is 0.170. The van der Waals surface area contributed by atoms with Crippen LogP contribution in [0.3, 0.4) is 0 Å². The molecule has 0 bridgehead atoms. The van der Waals surface area contributed by atoms with Crippen LogP contribution in [0.4, 0.5) is 5.82 Å². The summed E-state index contributed by atoms with van der Waals surface area (Å²) in [5.41, 5.74) is -2.12. The van der Waals surface area contributed by atoms with Crippen molar-refractivity contribution in [1.82, 2.24) is 9.55 Å². The highest BCUT2D eigenvalue weighted by atomic mass is 16.4. The third-order valence-electron chi connectivity index (χ3n) is 3.78. The van der Waals surface area contributed by atoms with Gasteiger partial charge >= 0.3 is 5.97 Å². The summed E-state index contributed by atoms with van der Waals surface area (Å²) in [6.45, 7) is 9.11. The molecule has 1 aromatic rings. The SMILES string of the molecule is CCn1ccnc(NC(C)(C)C(C)(C)C(=O)O)c1=O. The summed E-state index contributed by atoms with van der Waals surface area (Å²) in [6.07, 6.45) is 3.12. The summed E-state index contributed by atoms with van der Waals surface area (Å²) in [5.74, 6) is -0.763. The van der Waals surface area contributed by atoms with Crippen molar-refractivity contribution in [2.75, 3.05) is 5.32 Å². The van der Waals surface area contributed by atoms with E-state index in [0.717, 1.165) is 0 Å². The lowest BCUT2D eigenvalue weighted by Gasteiger charge is -2.39. The Labute approximate surface area is 112 Å². The van der Waals surface area contributed by atoms with Gasteiger partial charge in [-0.25, -0.2) is 4.98 Å². The van der Waals surface area contributed by atoms with Gasteiger partial charge in [0.2, 0.25) is 0 Å². The lowest BCUT2D eigenvalue weighted by Crippen LogP contribution is -2.51. The smallest absolute Gasteiger partial charge is 0.311 e. The van der Waals surface area contributed by atoms with Crippen molar-refractivity contribution in [2.45, 2.75) is 46.7 Å². The van der Waals surface area contributed by atoms with Gasteiger partial charge in [0.05, 0.1) is 5.41 Å². The maximum absolute atomic E-state index is 12.1. The highest BCUT2D eigenvalue weighted by Crippen LogP contribution is 2.32. The summed E-state index contributed by atoms with van der Waals surface area (Å²) in [7, 11) is 0. The zero-order valence-corrected chi connectivity index (χ0v) is 12.0. The summed E-state index contributed by atoms with van der Waals surface area (Å²) in [6, 6.07) is 0. The lowest BCUT2D eigenvalue weighted by molar-refractivity contribution is -0.149. The number of nitrogens with one attached hydrogen (secondary N) is 1. The average molecular weight is 267 g/mol. The largest absolute Gasteiger partial charge is 0.481 e. The molecule has 2 N–H and O–H groups in total. The molecule has 0 saturated heterocycles. The Morgan fingerprint density at radius 1 is 1.42 bits per heavy atom. The second kappa shape index (κ2) is 5.03. The molecule has 0 amide bonds. The van der Waals surface area contributed by atoms with E-state index in [1.54, 1.807) is 33.9 Å². The van der Waals surface area contributed by atoms with Crippen molar-refractivity contribution in [3.8, 4) is 0 Å². The molecule has 6 heteroatoms. The summed E-state index contributed by atoms with van der Waals surface area (Å²) in [4.78, 5) is 27.4. The Balaban J connectivity index is 3.16. The first-order valence-electron chi connectivity index (χ1n) is 6.20. The second-order valence-corrected chi connectivity index (χ2v) is 5.55. The number of carbonyl (C=O) groups is 1. The van der Waals surface area contributed by atoms with Crippen molar-refractivity contribution in [2.24, 2.45) is 5.41 Å². The standard InChI is InChI=1S/C13H21N3O3/c1-6-16-8-7-14-9(10(16)17)15-13(4,5)12(2,3)11(18)19/h7-8H,6H2,1-5H3,(H,14,15)(H,18,19). The zero-order chi connectivity index (χ0) is 14.8. The molecule has 106 valence electrons. The minimum atomic E-state index is -1.05. The van der Waals surface area contributed by atoms with Gasteiger partial charge < -0.3 is 15.0 Å². The molecule has 0 spiro atoms. The van der Waals surface area contributed by atoms with Crippen LogP contribution in [0.25, 0.3) is 0 Å². The van der Waals surface area contributed by atoms with Gasteiger partial charge in [0.15, 0.2) is 5.82 Å². The van der Waals surface area contributed by atoms with Crippen LogP contribution in [0.15, 0.2) is 17.2 Å². The Morgan fingerprint density at radius 2 is 2.00 bits per heavy atom. The van der Waals surface area contributed by atoms with E-state index in [9.17, 15) is 14.7 Å². The van der Waals surface area contributed by atoms with Gasteiger partial charge in [0.25, 0.3) is 5.56 Å². The van der Waals surface area contributed by atoms with Crippen molar-refractivity contribution < 1.29 is 9.90 Å². The Hall–Kier alpha value is -1.85. The van der Waals surface area contributed by atoms with Gasteiger partial charge in [-0.15, -0.1) is 0 Å². The summed E-state index contributed by atoms with van der Waals surface area (Å²) < 4.78 is 1.51. The molecule has 0 aliphatic rings. The van der Waals surface area contributed by atoms with Crippen molar-refractivity contribution in [3.63, 3.8) is 0 Å². The van der Waals surface area contributed by atoms with Crippen LogP contribution in [-0.2, 0) is 11.3 Å². The fourth-order valence-corrected chi connectivity index (χ4v) is 1.50. The van der Waals surface area contributed by atoms with E-state index in [0.29, 0.717) is 6.54 Å². The maximum atomic E-state index is 12.1. The molecule has 0 fully saturated rings. The van der Waals surface area contributed by atoms with Gasteiger partial charge in [-0.05, 0) is 34.6 Å². The van der Waals surface area contributed by atoms with Crippen LogP contribution in [-0.4, -0.2) is 26.2 Å². The number of hydrogen-bond donors (Lipinski definition) is 2. The van der Waals surface area contributed by atoms with Crippen LogP contribution in [0.2, 0.25) is 0 Å². The Kier molecular flexibility index (Phi) is 4.03. The van der Waals surface area contributed by atoms with Crippen LogP contribution in [0.1, 0.15) is 34.6 Å². The van der Waals surface area contributed by atoms with Gasteiger partial charge in [-0.3, -0.25) is 9.59 Å². The topological polar surface area (TPSA) is 84.2 Å². The predicted octanol–water partition coefficient (Wildman–Crippen LogP) is 1.56.